The smallest absolute Gasteiger partial charge is 0.122 e. The van der Waals surface area contributed by atoms with E-state index in [1.807, 2.05) is 12.1 Å². The minimum atomic E-state index is 0.399. The summed E-state index contributed by atoms with van der Waals surface area (Å²) in [7, 11) is 0. The van der Waals surface area contributed by atoms with Crippen LogP contribution >= 0.6 is 11.6 Å². The number of aromatic amines is 2. The van der Waals surface area contributed by atoms with Crippen LogP contribution in [0.25, 0.3) is 22.1 Å². The number of nitrogens with zero attached hydrogens (tertiary/aromatic N) is 2. The first-order valence-electron chi connectivity index (χ1n) is 4.24. The highest BCUT2D eigenvalue weighted by Gasteiger charge is 2.04. The SMILES string of the molecule is ClCc1nc2cc3nc[nH]c3cc2[nH]1. The van der Waals surface area contributed by atoms with Gasteiger partial charge in [-0.1, -0.05) is 0 Å². The second-order valence-electron chi connectivity index (χ2n) is 3.11. The molecule has 2 heterocycles. The van der Waals surface area contributed by atoms with Gasteiger partial charge < -0.3 is 9.97 Å². The van der Waals surface area contributed by atoms with Crippen molar-refractivity contribution in [3.05, 3.63) is 24.3 Å². The summed E-state index contributed by atoms with van der Waals surface area (Å²) in [6, 6.07) is 3.93. The van der Waals surface area contributed by atoms with Crippen molar-refractivity contribution in [2.45, 2.75) is 5.88 Å². The van der Waals surface area contributed by atoms with Gasteiger partial charge in [-0.15, -0.1) is 11.6 Å². The molecule has 0 unspecified atom stereocenters. The van der Waals surface area contributed by atoms with Gasteiger partial charge in [-0.2, -0.15) is 0 Å². The Kier molecular flexibility index (Phi) is 1.52. The normalized spacial score (nSPS) is 11.5. The minimum absolute atomic E-state index is 0.399. The Morgan fingerprint density at radius 3 is 3.00 bits per heavy atom. The fraction of sp³-hybridized carbons (Fsp3) is 0.111. The van der Waals surface area contributed by atoms with Gasteiger partial charge in [-0.05, 0) is 12.1 Å². The maximum atomic E-state index is 5.69. The van der Waals surface area contributed by atoms with Crippen molar-refractivity contribution in [1.29, 1.82) is 0 Å². The summed E-state index contributed by atoms with van der Waals surface area (Å²) in [5.74, 6) is 1.19. The second kappa shape index (κ2) is 2.72. The van der Waals surface area contributed by atoms with E-state index >= 15 is 0 Å². The Balaban J connectivity index is 2.40. The third-order valence-electron chi connectivity index (χ3n) is 2.20. The van der Waals surface area contributed by atoms with Gasteiger partial charge in [0.15, 0.2) is 0 Å². The quantitative estimate of drug-likeness (QED) is 0.600. The van der Waals surface area contributed by atoms with Crippen LogP contribution in [0.4, 0.5) is 0 Å². The number of hydrogen-bond acceptors (Lipinski definition) is 2. The summed E-state index contributed by atoms with van der Waals surface area (Å²) in [5.41, 5.74) is 3.81. The molecule has 14 heavy (non-hydrogen) atoms. The lowest BCUT2D eigenvalue weighted by atomic mass is 10.3. The van der Waals surface area contributed by atoms with Gasteiger partial charge in [0.25, 0.3) is 0 Å². The Labute approximate surface area is 84.3 Å². The zero-order chi connectivity index (χ0) is 9.54. The molecule has 2 N–H and O–H groups in total. The molecule has 4 nitrogen and oxygen atoms in total. The molecule has 0 aliphatic carbocycles. The summed E-state index contributed by atoms with van der Waals surface area (Å²) in [6.45, 7) is 0. The monoisotopic (exact) mass is 206 g/mol. The molecule has 0 saturated carbocycles. The Bertz CT molecular complexity index is 547. The first-order chi connectivity index (χ1) is 6.86. The number of benzene rings is 1. The number of H-pyrrole nitrogens is 2. The summed E-state index contributed by atoms with van der Waals surface area (Å²) >= 11 is 5.69. The van der Waals surface area contributed by atoms with E-state index in [2.05, 4.69) is 19.9 Å². The highest BCUT2D eigenvalue weighted by atomic mass is 35.5. The topological polar surface area (TPSA) is 57.4 Å². The van der Waals surface area contributed by atoms with Crippen LogP contribution in [-0.4, -0.2) is 19.9 Å². The second-order valence-corrected chi connectivity index (χ2v) is 3.37. The fourth-order valence-corrected chi connectivity index (χ4v) is 1.68. The van der Waals surface area contributed by atoms with E-state index in [0.717, 1.165) is 27.9 Å². The molecule has 0 bridgehead atoms. The molecule has 3 rings (SSSR count). The zero-order valence-electron chi connectivity index (χ0n) is 7.21. The maximum Gasteiger partial charge on any atom is 0.122 e. The summed E-state index contributed by atoms with van der Waals surface area (Å²) in [5, 5.41) is 0. The number of aromatic nitrogens is 4. The van der Waals surface area contributed by atoms with Gasteiger partial charge in [-0.25, -0.2) is 9.97 Å². The molecule has 0 aliphatic heterocycles. The van der Waals surface area contributed by atoms with Gasteiger partial charge in [0.2, 0.25) is 0 Å². The van der Waals surface area contributed by atoms with Crippen LogP contribution in [0.15, 0.2) is 18.5 Å². The molecule has 0 amide bonds. The molecule has 3 aromatic rings. The van der Waals surface area contributed by atoms with Crippen LogP contribution in [0.3, 0.4) is 0 Å². The number of halogens is 1. The highest BCUT2D eigenvalue weighted by Crippen LogP contribution is 2.18. The van der Waals surface area contributed by atoms with Gasteiger partial charge in [0.1, 0.15) is 5.82 Å². The number of fused-ring (bicyclic) bond motifs is 2. The Morgan fingerprint density at radius 2 is 2.14 bits per heavy atom. The van der Waals surface area contributed by atoms with Gasteiger partial charge in [-0.3, -0.25) is 0 Å². The van der Waals surface area contributed by atoms with E-state index in [0.29, 0.717) is 5.88 Å². The highest BCUT2D eigenvalue weighted by molar-refractivity contribution is 6.16. The molecule has 0 fully saturated rings. The number of rotatable bonds is 1. The van der Waals surface area contributed by atoms with E-state index < -0.39 is 0 Å². The van der Waals surface area contributed by atoms with Crippen molar-refractivity contribution in [3.8, 4) is 0 Å². The predicted octanol–water partition coefficient (Wildman–Crippen LogP) is 2.18. The lowest BCUT2D eigenvalue weighted by molar-refractivity contribution is 1.13. The predicted molar refractivity (Wildman–Crippen MR) is 55.3 cm³/mol. The van der Waals surface area contributed by atoms with Crippen LogP contribution in [0.5, 0.6) is 0 Å². The number of hydrogen-bond donors (Lipinski definition) is 2. The van der Waals surface area contributed by atoms with Crippen molar-refractivity contribution in [2.24, 2.45) is 0 Å². The van der Waals surface area contributed by atoms with Crippen molar-refractivity contribution < 1.29 is 0 Å². The maximum absolute atomic E-state index is 5.69. The largest absolute Gasteiger partial charge is 0.345 e. The van der Waals surface area contributed by atoms with Crippen LogP contribution < -0.4 is 0 Å². The van der Waals surface area contributed by atoms with Gasteiger partial charge >= 0.3 is 0 Å². The molecular formula is C9H7ClN4. The fourth-order valence-electron chi connectivity index (χ4n) is 1.56. The van der Waals surface area contributed by atoms with Crippen molar-refractivity contribution >= 4 is 33.7 Å². The van der Waals surface area contributed by atoms with Crippen LogP contribution in [0.1, 0.15) is 5.82 Å². The van der Waals surface area contributed by atoms with Crippen molar-refractivity contribution in [1.82, 2.24) is 19.9 Å². The molecule has 0 atom stereocenters. The molecule has 0 saturated heterocycles. The number of alkyl halides is 1. The Hall–Kier alpha value is -1.55. The summed E-state index contributed by atoms with van der Waals surface area (Å²) in [4.78, 5) is 14.7. The average Bonchev–Trinajstić information content (AvgIpc) is 2.77. The van der Waals surface area contributed by atoms with E-state index in [1.54, 1.807) is 6.33 Å². The van der Waals surface area contributed by atoms with Crippen molar-refractivity contribution in [2.75, 3.05) is 0 Å². The zero-order valence-corrected chi connectivity index (χ0v) is 7.97. The van der Waals surface area contributed by atoms with Gasteiger partial charge in [0, 0.05) is 0 Å². The number of imidazole rings is 2. The summed E-state index contributed by atoms with van der Waals surface area (Å²) in [6.07, 6.45) is 1.67. The minimum Gasteiger partial charge on any atom is -0.345 e. The molecule has 0 radical (unpaired) electrons. The molecular weight excluding hydrogens is 200 g/mol. The third-order valence-corrected chi connectivity index (χ3v) is 2.45. The molecule has 2 aromatic heterocycles. The first kappa shape index (κ1) is 7.82. The van der Waals surface area contributed by atoms with E-state index in [9.17, 15) is 0 Å². The number of nitrogens with one attached hydrogen (secondary N) is 2. The lowest BCUT2D eigenvalue weighted by Gasteiger charge is -1.87. The lowest BCUT2D eigenvalue weighted by Crippen LogP contribution is -1.77. The first-order valence-corrected chi connectivity index (χ1v) is 4.78. The van der Waals surface area contributed by atoms with E-state index in [-0.39, 0.29) is 0 Å². The Morgan fingerprint density at radius 1 is 1.21 bits per heavy atom. The van der Waals surface area contributed by atoms with E-state index in [1.165, 1.54) is 0 Å². The summed E-state index contributed by atoms with van der Waals surface area (Å²) < 4.78 is 0. The van der Waals surface area contributed by atoms with Crippen molar-refractivity contribution in [3.63, 3.8) is 0 Å². The molecule has 5 heteroatoms. The van der Waals surface area contributed by atoms with Gasteiger partial charge in [0.05, 0.1) is 34.3 Å². The van der Waals surface area contributed by atoms with E-state index in [4.69, 9.17) is 11.6 Å². The van der Waals surface area contributed by atoms with Crippen LogP contribution in [0.2, 0.25) is 0 Å². The third kappa shape index (κ3) is 1.01. The van der Waals surface area contributed by atoms with Crippen LogP contribution in [0, 0.1) is 0 Å². The molecule has 70 valence electrons. The molecule has 0 aliphatic rings. The standard InChI is InChI=1S/C9H7ClN4/c10-3-9-13-7-1-5-6(12-4-11-5)2-8(7)14-9/h1-2,4H,3H2,(H,11,12)(H,13,14). The van der Waals surface area contributed by atoms with Crippen LogP contribution in [-0.2, 0) is 5.88 Å². The average molecular weight is 207 g/mol. The molecule has 0 spiro atoms. The molecule has 1 aromatic carbocycles.